The number of halogens is 2. The molecule has 0 heterocycles. The third-order valence-corrected chi connectivity index (χ3v) is 2.80. The Morgan fingerprint density at radius 3 is 2.64 bits per heavy atom. The molecule has 0 fully saturated rings. The molecule has 1 aromatic carbocycles. The molecule has 0 aromatic heterocycles. The van der Waals surface area contributed by atoms with Gasteiger partial charge in [-0.2, -0.15) is 0 Å². The van der Waals surface area contributed by atoms with E-state index in [-0.39, 0.29) is 5.82 Å². The van der Waals surface area contributed by atoms with Gasteiger partial charge in [0.2, 0.25) is 0 Å². The molecule has 0 aliphatic rings. The van der Waals surface area contributed by atoms with Crippen LogP contribution in [-0.2, 0) is 6.54 Å². The van der Waals surface area contributed by atoms with E-state index < -0.39 is 0 Å². The fourth-order valence-corrected chi connectivity index (χ4v) is 1.52. The Labute approximate surface area is 93.0 Å². The van der Waals surface area contributed by atoms with Gasteiger partial charge in [-0.15, -0.1) is 0 Å². The minimum Gasteiger partial charge on any atom is -0.300 e. The summed E-state index contributed by atoms with van der Waals surface area (Å²) in [5.41, 5.74) is 0.732. The molecule has 0 saturated carbocycles. The Morgan fingerprint density at radius 1 is 1.43 bits per heavy atom. The SMILES string of the molecule is CC(C)N(C)Cc1cc(Br)ccc1F. The second kappa shape index (κ2) is 4.89. The highest BCUT2D eigenvalue weighted by Crippen LogP contribution is 2.17. The van der Waals surface area contributed by atoms with Crippen molar-refractivity contribution in [3.63, 3.8) is 0 Å². The number of hydrogen-bond acceptors (Lipinski definition) is 1. The van der Waals surface area contributed by atoms with Crippen molar-refractivity contribution in [3.8, 4) is 0 Å². The third kappa shape index (κ3) is 3.07. The lowest BCUT2D eigenvalue weighted by Gasteiger charge is -2.21. The lowest BCUT2D eigenvalue weighted by Crippen LogP contribution is -2.26. The number of rotatable bonds is 3. The quantitative estimate of drug-likeness (QED) is 0.804. The molecule has 0 bridgehead atoms. The van der Waals surface area contributed by atoms with Gasteiger partial charge in [-0.05, 0) is 39.1 Å². The average Bonchev–Trinajstić information content (AvgIpc) is 2.11. The summed E-state index contributed by atoms with van der Waals surface area (Å²) in [6.07, 6.45) is 0. The van der Waals surface area contributed by atoms with E-state index in [0.29, 0.717) is 12.6 Å². The summed E-state index contributed by atoms with van der Waals surface area (Å²) >= 11 is 3.34. The van der Waals surface area contributed by atoms with Crippen LogP contribution in [0.5, 0.6) is 0 Å². The van der Waals surface area contributed by atoms with Crippen molar-refractivity contribution in [1.29, 1.82) is 0 Å². The molecule has 0 atom stereocenters. The van der Waals surface area contributed by atoms with Gasteiger partial charge >= 0.3 is 0 Å². The topological polar surface area (TPSA) is 3.24 Å². The van der Waals surface area contributed by atoms with Crippen molar-refractivity contribution in [2.75, 3.05) is 7.05 Å². The second-order valence-electron chi connectivity index (χ2n) is 3.74. The number of hydrogen-bond donors (Lipinski definition) is 0. The van der Waals surface area contributed by atoms with Gasteiger partial charge in [0.1, 0.15) is 5.82 Å². The maximum Gasteiger partial charge on any atom is 0.127 e. The normalized spacial score (nSPS) is 11.4. The van der Waals surface area contributed by atoms with Crippen LogP contribution >= 0.6 is 15.9 Å². The van der Waals surface area contributed by atoms with E-state index in [4.69, 9.17) is 0 Å². The summed E-state index contributed by atoms with van der Waals surface area (Å²) in [4.78, 5) is 2.10. The van der Waals surface area contributed by atoms with E-state index in [9.17, 15) is 4.39 Å². The van der Waals surface area contributed by atoms with E-state index in [2.05, 4.69) is 34.7 Å². The van der Waals surface area contributed by atoms with Gasteiger partial charge in [-0.25, -0.2) is 4.39 Å². The molecular weight excluding hydrogens is 245 g/mol. The van der Waals surface area contributed by atoms with Crippen molar-refractivity contribution in [1.82, 2.24) is 4.90 Å². The molecule has 1 aromatic rings. The van der Waals surface area contributed by atoms with Crippen molar-refractivity contribution in [2.45, 2.75) is 26.4 Å². The zero-order valence-electron chi connectivity index (χ0n) is 8.72. The van der Waals surface area contributed by atoms with E-state index in [1.54, 1.807) is 6.07 Å². The van der Waals surface area contributed by atoms with Crippen molar-refractivity contribution < 1.29 is 4.39 Å². The summed E-state index contributed by atoms with van der Waals surface area (Å²) in [7, 11) is 1.99. The first-order chi connectivity index (χ1) is 6.50. The highest BCUT2D eigenvalue weighted by Gasteiger charge is 2.08. The molecule has 1 nitrogen and oxygen atoms in total. The molecule has 0 unspecified atom stereocenters. The van der Waals surface area contributed by atoms with Gasteiger partial charge in [0.15, 0.2) is 0 Å². The number of benzene rings is 1. The van der Waals surface area contributed by atoms with Gasteiger partial charge in [0.25, 0.3) is 0 Å². The minimum absolute atomic E-state index is 0.138. The zero-order chi connectivity index (χ0) is 10.7. The van der Waals surface area contributed by atoms with Crippen LogP contribution in [-0.4, -0.2) is 18.0 Å². The smallest absolute Gasteiger partial charge is 0.127 e. The average molecular weight is 260 g/mol. The molecule has 1 rings (SSSR count). The number of nitrogens with zero attached hydrogens (tertiary/aromatic N) is 1. The molecular formula is C11H15BrFN. The van der Waals surface area contributed by atoms with E-state index in [0.717, 1.165) is 10.0 Å². The van der Waals surface area contributed by atoms with Crippen molar-refractivity contribution in [2.24, 2.45) is 0 Å². The zero-order valence-corrected chi connectivity index (χ0v) is 10.3. The van der Waals surface area contributed by atoms with Gasteiger partial charge in [-0.3, -0.25) is 4.90 Å². The predicted octanol–water partition coefficient (Wildman–Crippen LogP) is 3.43. The molecule has 0 radical (unpaired) electrons. The Morgan fingerprint density at radius 2 is 2.07 bits per heavy atom. The summed E-state index contributed by atoms with van der Waals surface area (Å²) in [6.45, 7) is 4.83. The second-order valence-corrected chi connectivity index (χ2v) is 4.66. The highest BCUT2D eigenvalue weighted by molar-refractivity contribution is 9.10. The maximum atomic E-state index is 13.3. The predicted molar refractivity (Wildman–Crippen MR) is 60.7 cm³/mol. The van der Waals surface area contributed by atoms with Gasteiger partial charge in [-0.1, -0.05) is 15.9 Å². The summed E-state index contributed by atoms with van der Waals surface area (Å²) in [5, 5.41) is 0. The summed E-state index contributed by atoms with van der Waals surface area (Å²) < 4.78 is 14.3. The first-order valence-corrected chi connectivity index (χ1v) is 5.44. The fourth-order valence-electron chi connectivity index (χ4n) is 1.12. The Balaban J connectivity index is 2.80. The van der Waals surface area contributed by atoms with Crippen molar-refractivity contribution >= 4 is 15.9 Å². The van der Waals surface area contributed by atoms with Crippen LogP contribution in [0.3, 0.4) is 0 Å². The van der Waals surface area contributed by atoms with Crippen LogP contribution in [0.4, 0.5) is 4.39 Å². The van der Waals surface area contributed by atoms with Crippen LogP contribution in [0, 0.1) is 5.82 Å². The van der Waals surface area contributed by atoms with Gasteiger partial charge < -0.3 is 0 Å². The largest absolute Gasteiger partial charge is 0.300 e. The molecule has 14 heavy (non-hydrogen) atoms. The van der Waals surface area contributed by atoms with Gasteiger partial charge in [0.05, 0.1) is 0 Å². The fraction of sp³-hybridized carbons (Fsp3) is 0.455. The standard InChI is InChI=1S/C11H15BrFN/c1-8(2)14(3)7-9-6-10(12)4-5-11(9)13/h4-6,8H,7H2,1-3H3. The van der Waals surface area contributed by atoms with E-state index >= 15 is 0 Å². The molecule has 0 N–H and O–H groups in total. The Hall–Kier alpha value is -0.410. The maximum absolute atomic E-state index is 13.3. The molecule has 3 heteroatoms. The monoisotopic (exact) mass is 259 g/mol. The third-order valence-electron chi connectivity index (χ3n) is 2.31. The molecule has 0 aliphatic heterocycles. The highest BCUT2D eigenvalue weighted by atomic mass is 79.9. The Kier molecular flexibility index (Phi) is 4.08. The van der Waals surface area contributed by atoms with Crippen molar-refractivity contribution in [3.05, 3.63) is 34.1 Å². The van der Waals surface area contributed by atoms with Crippen LogP contribution in [0.15, 0.2) is 22.7 Å². The molecule has 78 valence electrons. The molecule has 0 spiro atoms. The lowest BCUT2D eigenvalue weighted by molar-refractivity contribution is 0.262. The van der Waals surface area contributed by atoms with Crippen LogP contribution in [0.2, 0.25) is 0 Å². The molecule has 0 aliphatic carbocycles. The first kappa shape index (κ1) is 11.7. The minimum atomic E-state index is -0.138. The molecule has 0 amide bonds. The van der Waals surface area contributed by atoms with E-state index in [1.807, 2.05) is 13.1 Å². The van der Waals surface area contributed by atoms with Gasteiger partial charge in [0, 0.05) is 22.6 Å². The van der Waals surface area contributed by atoms with Crippen LogP contribution in [0.1, 0.15) is 19.4 Å². The first-order valence-electron chi connectivity index (χ1n) is 4.65. The van der Waals surface area contributed by atoms with Crippen LogP contribution in [0.25, 0.3) is 0 Å². The van der Waals surface area contributed by atoms with Crippen LogP contribution < -0.4 is 0 Å². The lowest BCUT2D eigenvalue weighted by atomic mass is 10.2. The van der Waals surface area contributed by atoms with E-state index in [1.165, 1.54) is 6.07 Å². The summed E-state index contributed by atoms with van der Waals surface area (Å²) in [6, 6.07) is 5.46. The molecule has 0 saturated heterocycles. The Bertz CT molecular complexity index is 312. The summed E-state index contributed by atoms with van der Waals surface area (Å²) in [5.74, 6) is -0.138.